The summed E-state index contributed by atoms with van der Waals surface area (Å²) >= 11 is 0. The van der Waals surface area contributed by atoms with Crippen LogP contribution in [0.5, 0.6) is 0 Å². The first-order valence-corrected chi connectivity index (χ1v) is 5.59. The number of benzene rings is 1. The van der Waals surface area contributed by atoms with Crippen LogP contribution in [0.25, 0.3) is 0 Å². The Hall–Kier alpha value is -1.30. The summed E-state index contributed by atoms with van der Waals surface area (Å²) in [4.78, 5) is 0. The van der Waals surface area contributed by atoms with Crippen LogP contribution in [-0.2, 0) is 11.2 Å². The minimum absolute atomic E-state index is 0.0247. The van der Waals surface area contributed by atoms with Gasteiger partial charge in [0.05, 0.1) is 13.2 Å². The third-order valence-corrected chi connectivity index (χ3v) is 2.37. The lowest BCUT2D eigenvalue weighted by Gasteiger charge is -2.10. The summed E-state index contributed by atoms with van der Waals surface area (Å²) in [6.45, 7) is 0.344. The molecular weight excluding hydrogens is 200 g/mol. The number of hydrogen-bond donors (Lipinski definition) is 1. The lowest BCUT2D eigenvalue weighted by atomic mass is 10.1. The first kappa shape index (κ1) is 12.8. The minimum Gasteiger partial charge on any atom is -0.394 e. The van der Waals surface area contributed by atoms with E-state index >= 15 is 0 Å². The number of hydrogen-bond acceptors (Lipinski definition) is 2. The highest BCUT2D eigenvalue weighted by molar-refractivity contribution is 5.14. The molecule has 2 nitrogen and oxygen atoms in total. The summed E-state index contributed by atoms with van der Waals surface area (Å²) in [6.07, 6.45) is 8.02. The minimum atomic E-state index is -0.170. The van der Waals surface area contributed by atoms with Crippen LogP contribution < -0.4 is 0 Å². The average molecular weight is 218 g/mol. The third-order valence-electron chi connectivity index (χ3n) is 2.37. The molecule has 1 unspecified atom stereocenters. The topological polar surface area (TPSA) is 29.5 Å². The molecule has 0 radical (unpaired) electrons. The molecule has 0 fully saturated rings. The van der Waals surface area contributed by atoms with E-state index < -0.39 is 0 Å². The molecule has 0 aliphatic carbocycles. The predicted molar refractivity (Wildman–Crippen MR) is 65.0 cm³/mol. The van der Waals surface area contributed by atoms with Gasteiger partial charge >= 0.3 is 0 Å². The number of ether oxygens (including phenoxy) is 1. The summed E-state index contributed by atoms with van der Waals surface area (Å²) in [7, 11) is 0. The smallest absolute Gasteiger partial charge is 0.118 e. The molecule has 0 aliphatic rings. The molecule has 0 aromatic heterocycles. The van der Waals surface area contributed by atoms with Gasteiger partial charge in [-0.05, 0) is 24.8 Å². The van der Waals surface area contributed by atoms with E-state index in [0.29, 0.717) is 6.61 Å². The molecule has 1 aromatic rings. The molecule has 2 heteroatoms. The van der Waals surface area contributed by atoms with Gasteiger partial charge in [0, 0.05) is 0 Å². The van der Waals surface area contributed by atoms with Crippen LogP contribution in [0.4, 0.5) is 0 Å². The predicted octanol–water partition coefficient (Wildman–Crippen LogP) is 2.02. The Morgan fingerprint density at radius 3 is 2.69 bits per heavy atom. The van der Waals surface area contributed by atoms with Gasteiger partial charge in [0.15, 0.2) is 0 Å². The van der Waals surface area contributed by atoms with Crippen molar-refractivity contribution in [1.82, 2.24) is 0 Å². The maximum atomic E-state index is 8.62. The maximum Gasteiger partial charge on any atom is 0.118 e. The second-order valence-corrected chi connectivity index (χ2v) is 3.63. The lowest BCUT2D eigenvalue weighted by molar-refractivity contribution is 0.0544. The SMILES string of the molecule is C#CC(CCCc1ccccc1)OCCO. The van der Waals surface area contributed by atoms with Crippen molar-refractivity contribution in [3.8, 4) is 12.3 Å². The van der Waals surface area contributed by atoms with E-state index in [-0.39, 0.29) is 12.7 Å². The van der Waals surface area contributed by atoms with Crippen LogP contribution >= 0.6 is 0 Å². The highest BCUT2D eigenvalue weighted by atomic mass is 16.5. The Bertz CT molecular complexity index is 313. The molecule has 16 heavy (non-hydrogen) atoms. The molecule has 1 N–H and O–H groups in total. The Morgan fingerprint density at radius 1 is 1.31 bits per heavy atom. The quantitative estimate of drug-likeness (QED) is 0.709. The maximum absolute atomic E-state index is 8.62. The number of aliphatic hydroxyl groups is 1. The van der Waals surface area contributed by atoms with E-state index in [0.717, 1.165) is 19.3 Å². The molecule has 1 aromatic carbocycles. The molecule has 0 saturated heterocycles. The van der Waals surface area contributed by atoms with Crippen LogP contribution in [0.15, 0.2) is 30.3 Å². The van der Waals surface area contributed by atoms with Crippen molar-refractivity contribution >= 4 is 0 Å². The number of rotatable bonds is 7. The molecule has 0 amide bonds. The van der Waals surface area contributed by atoms with Gasteiger partial charge in [-0.25, -0.2) is 0 Å². The van der Waals surface area contributed by atoms with E-state index in [4.69, 9.17) is 16.3 Å². The summed E-state index contributed by atoms with van der Waals surface area (Å²) in [5.74, 6) is 2.59. The molecule has 1 rings (SSSR count). The number of terminal acetylenes is 1. The van der Waals surface area contributed by atoms with Crippen LogP contribution in [0.2, 0.25) is 0 Å². The molecule has 1 atom stereocenters. The van der Waals surface area contributed by atoms with Gasteiger partial charge in [-0.3, -0.25) is 0 Å². The standard InChI is InChI=1S/C14H18O2/c1-2-14(16-12-11-15)10-6-9-13-7-4-3-5-8-13/h1,3-5,7-8,14-15H,6,9-12H2. The largest absolute Gasteiger partial charge is 0.394 e. The zero-order chi connectivity index (χ0) is 11.6. The summed E-state index contributed by atoms with van der Waals surface area (Å²) in [5, 5.41) is 8.62. The van der Waals surface area contributed by atoms with Crippen LogP contribution in [0.3, 0.4) is 0 Å². The second kappa shape index (κ2) is 7.92. The van der Waals surface area contributed by atoms with E-state index in [1.165, 1.54) is 5.56 Å². The summed E-state index contributed by atoms with van der Waals surface area (Å²) < 4.78 is 5.29. The molecule has 0 aliphatic heterocycles. The van der Waals surface area contributed by atoms with Crippen molar-refractivity contribution < 1.29 is 9.84 Å². The Labute approximate surface area is 97.3 Å². The second-order valence-electron chi connectivity index (χ2n) is 3.63. The van der Waals surface area contributed by atoms with Crippen LogP contribution in [-0.4, -0.2) is 24.4 Å². The lowest BCUT2D eigenvalue weighted by Crippen LogP contribution is -2.13. The van der Waals surface area contributed by atoms with Gasteiger partial charge in [0.2, 0.25) is 0 Å². The van der Waals surface area contributed by atoms with E-state index in [1.807, 2.05) is 18.2 Å². The molecular formula is C14H18O2. The third kappa shape index (κ3) is 4.97. The number of aryl methyl sites for hydroxylation is 1. The number of aliphatic hydroxyl groups excluding tert-OH is 1. The van der Waals surface area contributed by atoms with Crippen molar-refractivity contribution in [2.75, 3.05) is 13.2 Å². The Morgan fingerprint density at radius 2 is 2.06 bits per heavy atom. The highest BCUT2D eigenvalue weighted by Crippen LogP contribution is 2.08. The van der Waals surface area contributed by atoms with Gasteiger partial charge in [-0.2, -0.15) is 0 Å². The zero-order valence-corrected chi connectivity index (χ0v) is 9.43. The average Bonchev–Trinajstić information content (AvgIpc) is 2.35. The Kier molecular flexibility index (Phi) is 6.32. The monoisotopic (exact) mass is 218 g/mol. The fourth-order valence-electron chi connectivity index (χ4n) is 1.55. The summed E-state index contributed by atoms with van der Waals surface area (Å²) in [5.41, 5.74) is 1.32. The van der Waals surface area contributed by atoms with Gasteiger partial charge < -0.3 is 9.84 Å². The molecule has 0 saturated carbocycles. The molecule has 0 spiro atoms. The fraction of sp³-hybridized carbons (Fsp3) is 0.429. The van der Waals surface area contributed by atoms with Crippen molar-refractivity contribution in [3.05, 3.63) is 35.9 Å². The van der Waals surface area contributed by atoms with Crippen LogP contribution in [0, 0.1) is 12.3 Å². The summed E-state index contributed by atoms with van der Waals surface area (Å²) in [6, 6.07) is 10.3. The first-order valence-electron chi connectivity index (χ1n) is 5.59. The van der Waals surface area contributed by atoms with E-state index in [9.17, 15) is 0 Å². The van der Waals surface area contributed by atoms with E-state index in [2.05, 4.69) is 18.1 Å². The Balaban J connectivity index is 2.21. The molecule has 0 heterocycles. The van der Waals surface area contributed by atoms with E-state index in [1.54, 1.807) is 0 Å². The van der Waals surface area contributed by atoms with Crippen molar-refractivity contribution in [2.45, 2.75) is 25.4 Å². The normalized spacial score (nSPS) is 12.0. The molecule has 86 valence electrons. The van der Waals surface area contributed by atoms with Crippen LogP contribution in [0.1, 0.15) is 18.4 Å². The molecule has 0 bridgehead atoms. The van der Waals surface area contributed by atoms with Gasteiger partial charge in [0.1, 0.15) is 6.10 Å². The first-order chi connectivity index (χ1) is 7.86. The van der Waals surface area contributed by atoms with Gasteiger partial charge in [-0.15, -0.1) is 6.42 Å². The van der Waals surface area contributed by atoms with Crippen molar-refractivity contribution in [3.63, 3.8) is 0 Å². The zero-order valence-electron chi connectivity index (χ0n) is 9.43. The fourth-order valence-corrected chi connectivity index (χ4v) is 1.55. The van der Waals surface area contributed by atoms with Crippen molar-refractivity contribution in [1.29, 1.82) is 0 Å². The van der Waals surface area contributed by atoms with Gasteiger partial charge in [0.25, 0.3) is 0 Å². The van der Waals surface area contributed by atoms with Crippen molar-refractivity contribution in [2.24, 2.45) is 0 Å². The highest BCUT2D eigenvalue weighted by Gasteiger charge is 2.04. The van der Waals surface area contributed by atoms with Gasteiger partial charge in [-0.1, -0.05) is 36.3 Å².